The minimum absolute atomic E-state index is 0.108. The van der Waals surface area contributed by atoms with Gasteiger partial charge in [-0.2, -0.15) is 8.42 Å². The summed E-state index contributed by atoms with van der Waals surface area (Å²) in [6.07, 6.45) is -0.717. The summed E-state index contributed by atoms with van der Waals surface area (Å²) in [5, 5.41) is 3.57. The first-order valence-electron chi connectivity index (χ1n) is 10.2. The number of hydrogen-bond acceptors (Lipinski definition) is 7. The largest absolute Gasteiger partial charge is 0.422 e. The number of carbonyl (C=O) groups is 1. The maximum absolute atomic E-state index is 15.1. The maximum atomic E-state index is 15.1. The van der Waals surface area contributed by atoms with Crippen LogP contribution >= 0.6 is 0 Å². The predicted octanol–water partition coefficient (Wildman–Crippen LogP) is 2.18. The van der Waals surface area contributed by atoms with E-state index in [1.807, 2.05) is 0 Å². The molecule has 3 aromatic rings. The van der Waals surface area contributed by atoms with Crippen molar-refractivity contribution in [1.82, 2.24) is 14.9 Å². The Kier molecular flexibility index (Phi) is 7.54. The Morgan fingerprint density at radius 2 is 1.88 bits per heavy atom. The van der Waals surface area contributed by atoms with Crippen molar-refractivity contribution in [2.45, 2.75) is 13.0 Å². The Labute approximate surface area is 195 Å². The van der Waals surface area contributed by atoms with Crippen molar-refractivity contribution in [2.75, 3.05) is 32.9 Å². The van der Waals surface area contributed by atoms with E-state index in [1.54, 1.807) is 33.3 Å². The van der Waals surface area contributed by atoms with Crippen LogP contribution in [0.2, 0.25) is 0 Å². The molecule has 0 radical (unpaired) electrons. The van der Waals surface area contributed by atoms with Gasteiger partial charge >= 0.3 is 11.7 Å². The van der Waals surface area contributed by atoms with E-state index in [-0.39, 0.29) is 41.1 Å². The van der Waals surface area contributed by atoms with Gasteiger partial charge in [-0.25, -0.2) is 18.7 Å². The fourth-order valence-corrected chi connectivity index (χ4v) is 3.83. The molecule has 10 nitrogen and oxygen atoms in total. The molecule has 34 heavy (non-hydrogen) atoms. The van der Waals surface area contributed by atoms with E-state index in [0.29, 0.717) is 10.9 Å². The summed E-state index contributed by atoms with van der Waals surface area (Å²) >= 11 is 0. The third kappa shape index (κ3) is 5.53. The molecule has 0 aliphatic carbocycles. The number of nitrogens with one attached hydrogen (secondary N) is 3. The van der Waals surface area contributed by atoms with Gasteiger partial charge in [0.15, 0.2) is 5.82 Å². The van der Waals surface area contributed by atoms with Crippen molar-refractivity contribution < 1.29 is 26.8 Å². The zero-order valence-electron chi connectivity index (χ0n) is 19.1. The van der Waals surface area contributed by atoms with E-state index in [9.17, 15) is 18.0 Å². The number of ether oxygens (including phenoxy) is 1. The Hall–Kier alpha value is -3.48. The van der Waals surface area contributed by atoms with Crippen molar-refractivity contribution in [2.24, 2.45) is 0 Å². The van der Waals surface area contributed by atoms with Gasteiger partial charge in [0.1, 0.15) is 11.3 Å². The van der Waals surface area contributed by atoms with Gasteiger partial charge in [-0.3, -0.25) is 4.72 Å². The minimum atomic E-state index is -3.93. The lowest BCUT2D eigenvalue weighted by molar-refractivity contribution is 0.172. The summed E-state index contributed by atoms with van der Waals surface area (Å²) < 4.78 is 53.5. The summed E-state index contributed by atoms with van der Waals surface area (Å²) in [4.78, 5) is 26.0. The lowest BCUT2D eigenvalue weighted by Crippen LogP contribution is -2.27. The zero-order valence-corrected chi connectivity index (χ0v) is 19.9. The molecule has 0 unspecified atom stereocenters. The molecule has 1 heterocycles. The van der Waals surface area contributed by atoms with Crippen LogP contribution in [0.15, 0.2) is 45.6 Å². The second-order valence-electron chi connectivity index (χ2n) is 7.56. The summed E-state index contributed by atoms with van der Waals surface area (Å²) in [6, 6.07) is 8.89. The van der Waals surface area contributed by atoms with Gasteiger partial charge in [0, 0.05) is 51.1 Å². The molecule has 3 rings (SSSR count). The first-order valence-corrected chi connectivity index (χ1v) is 11.7. The Bertz CT molecular complexity index is 1390. The summed E-state index contributed by atoms with van der Waals surface area (Å²) in [5.41, 5.74) is 0.178. The molecule has 1 aromatic heterocycles. The highest BCUT2D eigenvalue weighted by Gasteiger charge is 2.20. The number of fused-ring (bicyclic) bond motifs is 1. The van der Waals surface area contributed by atoms with Crippen molar-refractivity contribution in [3.63, 3.8) is 0 Å². The van der Waals surface area contributed by atoms with Crippen LogP contribution in [0.1, 0.15) is 16.7 Å². The SMILES string of the molecule is CNCc1c(Cc2cccc(NS(=O)(=O)NC)c2F)c(=O)oc2cc(OC(=O)N(C)C)ccc12. The third-order valence-corrected chi connectivity index (χ3v) is 6.00. The molecule has 0 spiro atoms. The molecule has 0 aliphatic rings. The zero-order chi connectivity index (χ0) is 25.0. The summed E-state index contributed by atoms with van der Waals surface area (Å²) in [5.74, 6) is -0.602. The van der Waals surface area contributed by atoms with Crippen LogP contribution in [0.3, 0.4) is 0 Å². The van der Waals surface area contributed by atoms with Gasteiger partial charge in [-0.05, 0) is 36.4 Å². The van der Waals surface area contributed by atoms with Gasteiger partial charge in [0.05, 0.1) is 5.69 Å². The second kappa shape index (κ2) is 10.2. The molecule has 0 bridgehead atoms. The number of nitrogens with zero attached hydrogens (tertiary/aromatic N) is 1. The molecule has 182 valence electrons. The van der Waals surface area contributed by atoms with Crippen molar-refractivity contribution in [3.8, 4) is 5.75 Å². The van der Waals surface area contributed by atoms with Crippen molar-refractivity contribution in [3.05, 3.63) is 69.3 Å². The van der Waals surface area contributed by atoms with Crippen LogP contribution in [0, 0.1) is 5.82 Å². The van der Waals surface area contributed by atoms with Gasteiger partial charge in [0.25, 0.3) is 10.2 Å². The van der Waals surface area contributed by atoms with E-state index in [1.165, 1.54) is 36.2 Å². The fraction of sp³-hybridized carbons (Fsp3) is 0.273. The molecular formula is C22H25FN4O6S. The van der Waals surface area contributed by atoms with Crippen LogP contribution in [0.4, 0.5) is 14.9 Å². The smallest absolute Gasteiger partial charge is 0.414 e. The van der Waals surface area contributed by atoms with Crippen molar-refractivity contribution in [1.29, 1.82) is 0 Å². The van der Waals surface area contributed by atoms with E-state index >= 15 is 4.39 Å². The molecule has 0 saturated heterocycles. The summed E-state index contributed by atoms with van der Waals surface area (Å²) in [7, 11) is 2.05. The van der Waals surface area contributed by atoms with Gasteiger partial charge < -0.3 is 19.4 Å². The van der Waals surface area contributed by atoms with E-state index in [2.05, 4.69) is 14.8 Å². The molecule has 0 saturated carbocycles. The number of carbonyl (C=O) groups excluding carboxylic acids is 1. The maximum Gasteiger partial charge on any atom is 0.414 e. The quantitative estimate of drug-likeness (QED) is 0.411. The first-order chi connectivity index (χ1) is 16.1. The topological polar surface area (TPSA) is 130 Å². The minimum Gasteiger partial charge on any atom is -0.422 e. The molecule has 12 heteroatoms. The molecule has 3 N–H and O–H groups in total. The number of halogens is 1. The lowest BCUT2D eigenvalue weighted by atomic mass is 9.97. The molecule has 1 amide bonds. The fourth-order valence-electron chi connectivity index (χ4n) is 3.28. The molecule has 0 aliphatic heterocycles. The average Bonchev–Trinajstić information content (AvgIpc) is 2.78. The normalized spacial score (nSPS) is 11.4. The number of amides is 1. The standard InChI is InChI=1S/C22H25FN4O6S/c1-24-12-17-15-9-8-14(32-22(29)27(3)4)11-19(15)33-21(28)16(17)10-13-6-5-7-18(20(13)23)26-34(30,31)25-2/h5-9,11,24-26H,10,12H2,1-4H3. The Morgan fingerprint density at radius 1 is 1.15 bits per heavy atom. The number of rotatable bonds is 8. The molecular weight excluding hydrogens is 467 g/mol. The monoisotopic (exact) mass is 492 g/mol. The Balaban J connectivity index is 2.06. The van der Waals surface area contributed by atoms with Crippen molar-refractivity contribution >= 4 is 33.0 Å². The van der Waals surface area contributed by atoms with Crippen LogP contribution in [-0.2, 0) is 23.2 Å². The van der Waals surface area contributed by atoms with Crippen LogP contribution in [-0.4, -0.2) is 47.6 Å². The highest BCUT2D eigenvalue weighted by atomic mass is 32.2. The molecule has 0 fully saturated rings. The number of anilines is 1. The highest BCUT2D eigenvalue weighted by Crippen LogP contribution is 2.28. The molecule has 2 aromatic carbocycles. The Morgan fingerprint density at radius 3 is 2.53 bits per heavy atom. The van der Waals surface area contributed by atoms with Gasteiger partial charge in [-0.1, -0.05) is 12.1 Å². The van der Waals surface area contributed by atoms with Crippen LogP contribution < -0.4 is 25.1 Å². The average molecular weight is 493 g/mol. The van der Waals surface area contributed by atoms with E-state index in [0.717, 1.165) is 0 Å². The van der Waals surface area contributed by atoms with Crippen LogP contribution in [0.25, 0.3) is 11.0 Å². The summed E-state index contributed by atoms with van der Waals surface area (Å²) in [6.45, 7) is 0.280. The molecule has 0 atom stereocenters. The van der Waals surface area contributed by atoms with Gasteiger partial charge in [0.2, 0.25) is 0 Å². The number of hydrogen-bond donors (Lipinski definition) is 3. The van der Waals surface area contributed by atoms with E-state index < -0.39 is 27.7 Å². The predicted molar refractivity (Wildman–Crippen MR) is 126 cm³/mol. The first kappa shape index (κ1) is 25.1. The second-order valence-corrected chi connectivity index (χ2v) is 9.18. The third-order valence-electron chi connectivity index (χ3n) is 4.97. The van der Waals surface area contributed by atoms with Crippen LogP contribution in [0.5, 0.6) is 5.75 Å². The number of benzene rings is 2. The highest BCUT2D eigenvalue weighted by molar-refractivity contribution is 7.90. The lowest BCUT2D eigenvalue weighted by Gasteiger charge is -2.15. The van der Waals surface area contributed by atoms with E-state index in [4.69, 9.17) is 9.15 Å². The van der Waals surface area contributed by atoms with Gasteiger partial charge in [-0.15, -0.1) is 0 Å².